The van der Waals surface area contributed by atoms with Gasteiger partial charge in [0.25, 0.3) is 0 Å². The number of aliphatic hydroxyl groups is 1. The second-order valence-corrected chi connectivity index (χ2v) is 9.80. The summed E-state index contributed by atoms with van der Waals surface area (Å²) in [6.07, 6.45) is 12.7. The molecule has 3 saturated carbocycles. The van der Waals surface area contributed by atoms with Gasteiger partial charge in [-0.1, -0.05) is 25.5 Å². The van der Waals surface area contributed by atoms with Gasteiger partial charge in [0, 0.05) is 5.92 Å². The fourth-order valence-corrected chi connectivity index (χ4v) is 7.07. The van der Waals surface area contributed by atoms with E-state index in [1.807, 2.05) is 6.92 Å². The van der Waals surface area contributed by atoms with Crippen molar-refractivity contribution in [3.05, 3.63) is 11.6 Å². The molecule has 6 unspecified atom stereocenters. The summed E-state index contributed by atoms with van der Waals surface area (Å²) in [5.74, 6) is 2.55. The zero-order valence-corrected chi connectivity index (χ0v) is 15.0. The standard InChI is InChI=1S/C21H32O2/c1-19(23)10-11-21(3)14(12-19)4-6-16-17-7-5-15(13-22)20(17,2)9-8-18(16)21/h4,13,15-18,23H,5-12H2,1-3H3/t15?,16?,17?,18?,19-,20?,21?/m0/s1. The summed E-state index contributed by atoms with van der Waals surface area (Å²) < 4.78 is 0. The van der Waals surface area contributed by atoms with Gasteiger partial charge >= 0.3 is 0 Å². The monoisotopic (exact) mass is 316 g/mol. The molecule has 7 atom stereocenters. The minimum absolute atomic E-state index is 0.255. The summed E-state index contributed by atoms with van der Waals surface area (Å²) >= 11 is 0. The number of hydrogen-bond acceptors (Lipinski definition) is 2. The zero-order chi connectivity index (χ0) is 16.5. The van der Waals surface area contributed by atoms with Gasteiger partial charge in [0.1, 0.15) is 6.29 Å². The van der Waals surface area contributed by atoms with Crippen molar-refractivity contribution < 1.29 is 9.90 Å². The van der Waals surface area contributed by atoms with Crippen molar-refractivity contribution in [2.75, 3.05) is 0 Å². The first-order chi connectivity index (χ1) is 10.8. The molecule has 2 heteroatoms. The van der Waals surface area contributed by atoms with Crippen molar-refractivity contribution in [3.63, 3.8) is 0 Å². The van der Waals surface area contributed by atoms with Crippen LogP contribution in [0.3, 0.4) is 0 Å². The van der Waals surface area contributed by atoms with Gasteiger partial charge in [0.05, 0.1) is 5.60 Å². The lowest BCUT2D eigenvalue weighted by molar-refractivity contribution is -0.118. The highest BCUT2D eigenvalue weighted by molar-refractivity contribution is 5.56. The molecule has 0 aromatic rings. The van der Waals surface area contributed by atoms with Gasteiger partial charge in [-0.2, -0.15) is 0 Å². The lowest BCUT2D eigenvalue weighted by Gasteiger charge is -2.58. The van der Waals surface area contributed by atoms with Crippen LogP contribution in [0.2, 0.25) is 0 Å². The van der Waals surface area contributed by atoms with E-state index in [2.05, 4.69) is 19.9 Å². The molecule has 0 amide bonds. The Balaban J connectivity index is 1.67. The van der Waals surface area contributed by atoms with E-state index in [4.69, 9.17) is 0 Å². The zero-order valence-electron chi connectivity index (χ0n) is 15.0. The van der Waals surface area contributed by atoms with E-state index >= 15 is 0 Å². The van der Waals surface area contributed by atoms with Crippen LogP contribution in [-0.4, -0.2) is 17.0 Å². The van der Waals surface area contributed by atoms with Gasteiger partial charge in [0.15, 0.2) is 0 Å². The second kappa shape index (κ2) is 4.94. The Hall–Kier alpha value is -0.630. The first-order valence-electron chi connectivity index (χ1n) is 9.67. The van der Waals surface area contributed by atoms with Crippen LogP contribution in [-0.2, 0) is 4.79 Å². The highest BCUT2D eigenvalue weighted by Crippen LogP contribution is 2.66. The fourth-order valence-electron chi connectivity index (χ4n) is 7.07. The fraction of sp³-hybridized carbons (Fsp3) is 0.857. The van der Waals surface area contributed by atoms with Crippen LogP contribution < -0.4 is 0 Å². The maximum Gasteiger partial charge on any atom is 0.123 e. The lowest BCUT2D eigenvalue weighted by Crippen LogP contribution is -2.51. The largest absolute Gasteiger partial charge is 0.390 e. The molecule has 4 aliphatic rings. The molecule has 23 heavy (non-hydrogen) atoms. The molecule has 128 valence electrons. The predicted molar refractivity (Wildman–Crippen MR) is 91.9 cm³/mol. The summed E-state index contributed by atoms with van der Waals surface area (Å²) in [5, 5.41) is 10.5. The molecular formula is C21H32O2. The van der Waals surface area contributed by atoms with Gasteiger partial charge in [-0.15, -0.1) is 0 Å². The van der Waals surface area contributed by atoms with Gasteiger partial charge < -0.3 is 9.90 Å². The van der Waals surface area contributed by atoms with Crippen LogP contribution in [0.15, 0.2) is 11.6 Å². The Bertz CT molecular complexity index is 548. The molecule has 2 nitrogen and oxygen atoms in total. The van der Waals surface area contributed by atoms with E-state index in [1.165, 1.54) is 37.5 Å². The van der Waals surface area contributed by atoms with E-state index in [0.717, 1.165) is 43.4 Å². The van der Waals surface area contributed by atoms with E-state index in [9.17, 15) is 9.90 Å². The first-order valence-corrected chi connectivity index (χ1v) is 9.67. The quantitative estimate of drug-likeness (QED) is 0.570. The topological polar surface area (TPSA) is 37.3 Å². The molecule has 4 rings (SSSR count). The van der Waals surface area contributed by atoms with Crippen LogP contribution in [0, 0.1) is 34.5 Å². The molecule has 0 aromatic carbocycles. The normalized spacial score (nSPS) is 55.4. The minimum Gasteiger partial charge on any atom is -0.390 e. The van der Waals surface area contributed by atoms with Crippen molar-refractivity contribution in [1.82, 2.24) is 0 Å². The average Bonchev–Trinajstić information content (AvgIpc) is 2.84. The third kappa shape index (κ3) is 2.13. The highest BCUT2D eigenvalue weighted by atomic mass is 16.3. The number of rotatable bonds is 1. The van der Waals surface area contributed by atoms with Crippen molar-refractivity contribution in [2.45, 2.75) is 77.7 Å². The molecular weight excluding hydrogens is 284 g/mol. The summed E-state index contributed by atoms with van der Waals surface area (Å²) in [6, 6.07) is 0. The average molecular weight is 316 g/mol. The maximum absolute atomic E-state index is 11.6. The molecule has 3 fully saturated rings. The van der Waals surface area contributed by atoms with Gasteiger partial charge in [0.2, 0.25) is 0 Å². The Morgan fingerprint density at radius 2 is 1.87 bits per heavy atom. The van der Waals surface area contributed by atoms with Crippen LogP contribution in [0.4, 0.5) is 0 Å². The van der Waals surface area contributed by atoms with Gasteiger partial charge in [-0.3, -0.25) is 0 Å². The molecule has 0 aromatic heterocycles. The molecule has 1 N–H and O–H groups in total. The lowest BCUT2D eigenvalue weighted by atomic mass is 9.47. The number of aldehydes is 1. The van der Waals surface area contributed by atoms with Crippen LogP contribution >= 0.6 is 0 Å². The van der Waals surface area contributed by atoms with E-state index in [-0.39, 0.29) is 5.41 Å². The van der Waals surface area contributed by atoms with Crippen molar-refractivity contribution in [2.24, 2.45) is 34.5 Å². The summed E-state index contributed by atoms with van der Waals surface area (Å²) in [4.78, 5) is 11.6. The van der Waals surface area contributed by atoms with E-state index in [0.29, 0.717) is 11.3 Å². The third-order valence-corrected chi connectivity index (χ3v) is 8.62. The highest BCUT2D eigenvalue weighted by Gasteiger charge is 2.59. The Labute approximate surface area is 140 Å². The summed E-state index contributed by atoms with van der Waals surface area (Å²) in [7, 11) is 0. The molecule has 0 saturated heterocycles. The van der Waals surface area contributed by atoms with Crippen molar-refractivity contribution >= 4 is 6.29 Å². The Morgan fingerprint density at radius 1 is 1.09 bits per heavy atom. The minimum atomic E-state index is -0.503. The SMILES string of the molecule is CC12CC[C@](C)(O)CC1=CCC1C2CCC2(C)C(C=O)CCC12. The number of allylic oxidation sites excluding steroid dienone is 1. The molecule has 0 heterocycles. The third-order valence-electron chi connectivity index (χ3n) is 8.62. The number of carbonyl (C=O) groups excluding carboxylic acids is 1. The van der Waals surface area contributed by atoms with E-state index in [1.54, 1.807) is 0 Å². The first kappa shape index (κ1) is 15.9. The van der Waals surface area contributed by atoms with Gasteiger partial charge in [-0.05, 0) is 86.9 Å². The van der Waals surface area contributed by atoms with Gasteiger partial charge in [-0.25, -0.2) is 0 Å². The van der Waals surface area contributed by atoms with Crippen LogP contribution in [0.25, 0.3) is 0 Å². The molecule has 0 radical (unpaired) electrons. The molecule has 0 spiro atoms. The number of fused-ring (bicyclic) bond motifs is 5. The Kier molecular flexibility index (Phi) is 3.41. The van der Waals surface area contributed by atoms with Crippen LogP contribution in [0.1, 0.15) is 72.1 Å². The number of carbonyl (C=O) groups is 1. The summed E-state index contributed by atoms with van der Waals surface area (Å²) in [6.45, 7) is 6.87. The predicted octanol–water partition coefficient (Wildman–Crippen LogP) is 4.52. The number of hydrogen-bond donors (Lipinski definition) is 1. The maximum atomic E-state index is 11.6. The van der Waals surface area contributed by atoms with Crippen molar-refractivity contribution in [3.8, 4) is 0 Å². The second-order valence-electron chi connectivity index (χ2n) is 9.80. The van der Waals surface area contributed by atoms with Crippen LogP contribution in [0.5, 0.6) is 0 Å². The smallest absolute Gasteiger partial charge is 0.123 e. The molecule has 0 aliphatic heterocycles. The van der Waals surface area contributed by atoms with E-state index < -0.39 is 5.60 Å². The molecule has 4 aliphatic carbocycles. The molecule has 0 bridgehead atoms. The van der Waals surface area contributed by atoms with Crippen molar-refractivity contribution in [1.29, 1.82) is 0 Å². The Morgan fingerprint density at radius 3 is 2.61 bits per heavy atom. The summed E-state index contributed by atoms with van der Waals surface area (Å²) in [5.41, 5.74) is 1.58.